The lowest BCUT2D eigenvalue weighted by atomic mass is 10.0. The molecule has 8 nitrogen and oxygen atoms in total. The smallest absolute Gasteiger partial charge is 0.227 e. The predicted molar refractivity (Wildman–Crippen MR) is 130 cm³/mol. The lowest BCUT2D eigenvalue weighted by molar-refractivity contribution is -0.126. The fourth-order valence-electron chi connectivity index (χ4n) is 4.46. The molecule has 2 aliphatic heterocycles. The number of anilines is 1. The minimum Gasteiger partial charge on any atom is -0.497 e. The van der Waals surface area contributed by atoms with Crippen LogP contribution >= 0.6 is 0 Å². The van der Waals surface area contributed by atoms with E-state index in [0.717, 1.165) is 28.1 Å². The van der Waals surface area contributed by atoms with Crippen molar-refractivity contribution in [2.24, 2.45) is 5.92 Å². The first kappa shape index (κ1) is 24.2. The first-order valence-electron chi connectivity index (χ1n) is 11.5. The Bertz CT molecular complexity index is 1160. The molecule has 0 aromatic heterocycles. The largest absolute Gasteiger partial charge is 0.497 e. The van der Waals surface area contributed by atoms with Gasteiger partial charge in [-0.05, 0) is 55.2 Å². The van der Waals surface area contributed by atoms with Gasteiger partial charge < -0.3 is 15.0 Å². The highest BCUT2D eigenvalue weighted by Crippen LogP contribution is 2.26. The number of methoxy groups -OCH3 is 1. The van der Waals surface area contributed by atoms with Crippen molar-refractivity contribution >= 4 is 27.5 Å². The van der Waals surface area contributed by atoms with Crippen molar-refractivity contribution in [2.45, 2.75) is 32.7 Å². The van der Waals surface area contributed by atoms with E-state index in [1.54, 1.807) is 12.0 Å². The van der Waals surface area contributed by atoms with Gasteiger partial charge in [0.15, 0.2) is 0 Å². The van der Waals surface area contributed by atoms with E-state index in [-0.39, 0.29) is 30.5 Å². The van der Waals surface area contributed by atoms with E-state index in [1.165, 1.54) is 4.31 Å². The fourth-order valence-corrected chi connectivity index (χ4v) is 5.94. The van der Waals surface area contributed by atoms with Crippen LogP contribution in [0.4, 0.5) is 5.69 Å². The molecule has 0 spiro atoms. The molecule has 2 aromatic rings. The molecule has 2 aromatic carbocycles. The third-order valence-corrected chi connectivity index (χ3v) is 8.41. The number of hydrogen-bond donors (Lipinski definition) is 1. The van der Waals surface area contributed by atoms with Gasteiger partial charge in [-0.15, -0.1) is 0 Å². The van der Waals surface area contributed by atoms with Crippen molar-refractivity contribution < 1.29 is 22.7 Å². The third kappa shape index (κ3) is 5.42. The number of amides is 2. The average Bonchev–Trinajstić information content (AvgIpc) is 3.23. The molecule has 1 fully saturated rings. The van der Waals surface area contributed by atoms with Gasteiger partial charge in [-0.1, -0.05) is 23.8 Å². The standard InChI is InChI=1S/C25H31N3O5S/c1-18-4-7-22(8-5-18)28-17-21(15-24(28)29)25(30)26-11-3-13-34(31,32)27-12-10-19-14-23(33-2)9-6-20(19)16-27/h4-9,14,21H,3,10-13,15-17H2,1-2H3,(H,26,30). The maximum absolute atomic E-state index is 12.8. The van der Waals surface area contributed by atoms with Gasteiger partial charge in [0.2, 0.25) is 21.8 Å². The van der Waals surface area contributed by atoms with Crippen molar-refractivity contribution in [3.05, 3.63) is 59.2 Å². The Morgan fingerprint density at radius 1 is 1.15 bits per heavy atom. The number of hydrogen-bond acceptors (Lipinski definition) is 5. The Balaban J connectivity index is 1.24. The Kier molecular flexibility index (Phi) is 7.23. The summed E-state index contributed by atoms with van der Waals surface area (Å²) in [6.07, 6.45) is 1.13. The second kappa shape index (κ2) is 10.1. The zero-order chi connectivity index (χ0) is 24.3. The summed E-state index contributed by atoms with van der Waals surface area (Å²) in [6, 6.07) is 13.4. The van der Waals surface area contributed by atoms with Crippen LogP contribution in [0.3, 0.4) is 0 Å². The fraction of sp³-hybridized carbons (Fsp3) is 0.440. The van der Waals surface area contributed by atoms with E-state index in [9.17, 15) is 18.0 Å². The molecule has 1 unspecified atom stereocenters. The molecule has 0 aliphatic carbocycles. The zero-order valence-corrected chi connectivity index (χ0v) is 20.4. The number of rotatable bonds is 8. The molecular weight excluding hydrogens is 454 g/mol. The number of carbonyl (C=O) groups excluding carboxylic acids is 2. The van der Waals surface area contributed by atoms with Gasteiger partial charge >= 0.3 is 0 Å². The van der Waals surface area contributed by atoms with Crippen LogP contribution in [0.5, 0.6) is 5.75 Å². The van der Waals surface area contributed by atoms with Crippen molar-refractivity contribution in [1.82, 2.24) is 9.62 Å². The molecular formula is C25H31N3O5S. The van der Waals surface area contributed by atoms with Crippen LogP contribution in [0.25, 0.3) is 0 Å². The Hall–Kier alpha value is -2.91. The van der Waals surface area contributed by atoms with Crippen LogP contribution in [0.1, 0.15) is 29.5 Å². The monoisotopic (exact) mass is 485 g/mol. The van der Waals surface area contributed by atoms with Crippen LogP contribution in [0.2, 0.25) is 0 Å². The van der Waals surface area contributed by atoms with E-state index in [0.29, 0.717) is 32.5 Å². The van der Waals surface area contributed by atoms with Gasteiger partial charge in [0.1, 0.15) is 5.75 Å². The summed E-state index contributed by atoms with van der Waals surface area (Å²) < 4.78 is 32.4. The van der Waals surface area contributed by atoms with Crippen molar-refractivity contribution in [3.63, 3.8) is 0 Å². The summed E-state index contributed by atoms with van der Waals surface area (Å²) in [5.74, 6) is 0.0336. The summed E-state index contributed by atoms with van der Waals surface area (Å²) in [5.41, 5.74) is 4.00. The summed E-state index contributed by atoms with van der Waals surface area (Å²) in [5, 5.41) is 2.82. The zero-order valence-electron chi connectivity index (χ0n) is 19.6. The second-order valence-electron chi connectivity index (χ2n) is 8.92. The highest BCUT2D eigenvalue weighted by atomic mass is 32.2. The first-order valence-corrected chi connectivity index (χ1v) is 13.2. The normalized spacial score (nSPS) is 18.6. The predicted octanol–water partition coefficient (Wildman–Crippen LogP) is 2.25. The molecule has 2 amide bonds. The van der Waals surface area contributed by atoms with Crippen molar-refractivity contribution in [2.75, 3.05) is 37.4 Å². The topological polar surface area (TPSA) is 96.0 Å². The molecule has 182 valence electrons. The van der Waals surface area contributed by atoms with Crippen LogP contribution in [-0.2, 0) is 32.6 Å². The van der Waals surface area contributed by atoms with Gasteiger partial charge in [0.05, 0.1) is 18.8 Å². The maximum Gasteiger partial charge on any atom is 0.227 e. The van der Waals surface area contributed by atoms with Crippen LogP contribution < -0.4 is 15.0 Å². The molecule has 1 atom stereocenters. The van der Waals surface area contributed by atoms with Gasteiger partial charge in [0, 0.05) is 38.3 Å². The Morgan fingerprint density at radius 3 is 2.65 bits per heavy atom. The molecule has 0 saturated carbocycles. The number of ether oxygens (including phenoxy) is 1. The van der Waals surface area contributed by atoms with Crippen LogP contribution in [0.15, 0.2) is 42.5 Å². The molecule has 2 heterocycles. The van der Waals surface area contributed by atoms with Crippen molar-refractivity contribution in [1.29, 1.82) is 0 Å². The van der Waals surface area contributed by atoms with E-state index >= 15 is 0 Å². The summed E-state index contributed by atoms with van der Waals surface area (Å²) >= 11 is 0. The summed E-state index contributed by atoms with van der Waals surface area (Å²) in [7, 11) is -1.81. The van der Waals surface area contributed by atoms with Gasteiger partial charge in [0.25, 0.3) is 0 Å². The first-order chi connectivity index (χ1) is 16.3. The lowest BCUT2D eigenvalue weighted by Gasteiger charge is -2.28. The Labute approximate surface area is 200 Å². The van der Waals surface area contributed by atoms with Crippen LogP contribution in [0, 0.1) is 12.8 Å². The van der Waals surface area contributed by atoms with Crippen molar-refractivity contribution in [3.8, 4) is 5.75 Å². The SMILES string of the molecule is COc1ccc2c(c1)CCN(S(=O)(=O)CCCNC(=O)C1CC(=O)N(c3ccc(C)cc3)C1)C2. The number of nitrogens with one attached hydrogen (secondary N) is 1. The molecule has 2 aliphatic rings. The average molecular weight is 486 g/mol. The number of aryl methyl sites for hydroxylation is 1. The van der Waals surface area contributed by atoms with Gasteiger partial charge in [-0.25, -0.2) is 8.42 Å². The minimum atomic E-state index is -3.43. The number of carbonyl (C=O) groups is 2. The molecule has 4 rings (SSSR count). The molecule has 0 bridgehead atoms. The number of fused-ring (bicyclic) bond motifs is 1. The minimum absolute atomic E-state index is 0.0299. The highest BCUT2D eigenvalue weighted by Gasteiger charge is 2.35. The van der Waals surface area contributed by atoms with Gasteiger partial charge in [-0.2, -0.15) is 4.31 Å². The molecule has 9 heteroatoms. The summed E-state index contributed by atoms with van der Waals surface area (Å²) in [4.78, 5) is 26.6. The second-order valence-corrected chi connectivity index (χ2v) is 11.0. The third-order valence-electron chi connectivity index (χ3n) is 6.50. The summed E-state index contributed by atoms with van der Waals surface area (Å²) in [6.45, 7) is 3.37. The Morgan fingerprint density at radius 2 is 1.91 bits per heavy atom. The maximum atomic E-state index is 12.8. The molecule has 1 N–H and O–H groups in total. The van der Waals surface area contributed by atoms with E-state index in [1.807, 2.05) is 49.4 Å². The molecule has 34 heavy (non-hydrogen) atoms. The quantitative estimate of drug-likeness (QED) is 0.579. The number of benzene rings is 2. The lowest BCUT2D eigenvalue weighted by Crippen LogP contribution is -2.38. The number of nitrogens with zero attached hydrogens (tertiary/aromatic N) is 2. The van der Waals surface area contributed by atoms with E-state index in [4.69, 9.17) is 4.74 Å². The van der Waals surface area contributed by atoms with E-state index in [2.05, 4.69) is 5.32 Å². The van der Waals surface area contributed by atoms with Crippen LogP contribution in [-0.4, -0.2) is 57.0 Å². The van der Waals surface area contributed by atoms with Gasteiger partial charge in [-0.3, -0.25) is 9.59 Å². The number of sulfonamides is 1. The molecule has 1 saturated heterocycles. The highest BCUT2D eigenvalue weighted by molar-refractivity contribution is 7.89. The van der Waals surface area contributed by atoms with E-state index < -0.39 is 15.9 Å². The molecule has 0 radical (unpaired) electrons.